The summed E-state index contributed by atoms with van der Waals surface area (Å²) < 4.78 is 25.8. The Labute approximate surface area is 224 Å². The highest BCUT2D eigenvalue weighted by Crippen LogP contribution is 2.39. The molecule has 2 aromatic carbocycles. The molecule has 0 atom stereocenters. The topological polar surface area (TPSA) is 74.1 Å². The van der Waals surface area contributed by atoms with Gasteiger partial charge in [0, 0.05) is 45.4 Å². The molecule has 38 heavy (non-hydrogen) atoms. The van der Waals surface area contributed by atoms with Crippen molar-refractivity contribution in [2.24, 2.45) is 0 Å². The van der Waals surface area contributed by atoms with E-state index in [1.165, 1.54) is 38.5 Å². The molecule has 2 aliphatic rings. The molecule has 0 spiro atoms. The summed E-state index contributed by atoms with van der Waals surface area (Å²) in [6.45, 7) is 10.5. The number of rotatable bonds is 7. The van der Waals surface area contributed by atoms with Crippen LogP contribution in [-0.4, -0.2) is 49.9 Å². The van der Waals surface area contributed by atoms with Gasteiger partial charge in [-0.25, -0.2) is 4.39 Å². The Morgan fingerprint density at radius 2 is 1.55 bits per heavy atom. The molecule has 204 valence electrons. The molecule has 6 nitrogen and oxygen atoms in total. The molecule has 6 rings (SSSR count). The number of nitrogens with one attached hydrogen (secondary N) is 4. The van der Waals surface area contributed by atoms with Crippen LogP contribution < -0.4 is 20.1 Å². The van der Waals surface area contributed by atoms with E-state index in [-0.39, 0.29) is 5.82 Å². The van der Waals surface area contributed by atoms with Crippen molar-refractivity contribution in [1.82, 2.24) is 20.6 Å². The van der Waals surface area contributed by atoms with Crippen molar-refractivity contribution < 1.29 is 13.9 Å². The van der Waals surface area contributed by atoms with Crippen molar-refractivity contribution in [3.05, 3.63) is 57.7 Å². The van der Waals surface area contributed by atoms with E-state index in [1.54, 1.807) is 0 Å². The van der Waals surface area contributed by atoms with Gasteiger partial charge in [-0.15, -0.1) is 0 Å². The largest absolute Gasteiger partial charge is 0.493 e. The zero-order valence-electron chi connectivity index (χ0n) is 23.2. The monoisotopic (exact) mass is 520 g/mol. The van der Waals surface area contributed by atoms with Crippen LogP contribution in [-0.2, 0) is 25.7 Å². The summed E-state index contributed by atoms with van der Waals surface area (Å²) in [5.74, 6) is 1.37. The van der Waals surface area contributed by atoms with Gasteiger partial charge in [0.25, 0.3) is 0 Å². The molecule has 0 amide bonds. The third kappa shape index (κ3) is 5.02. The normalized spacial score (nSPS) is 14.4. The van der Waals surface area contributed by atoms with E-state index in [0.29, 0.717) is 17.9 Å². The predicted octanol–water partition coefficient (Wildman–Crippen LogP) is 5.66. The number of aromatic nitrogens is 2. The Kier molecular flexibility index (Phi) is 8.24. The fourth-order valence-corrected chi connectivity index (χ4v) is 5.90. The average molecular weight is 521 g/mol. The molecule has 7 heteroatoms. The summed E-state index contributed by atoms with van der Waals surface area (Å²) in [5, 5.41) is 9.14. The first kappa shape index (κ1) is 26.6. The summed E-state index contributed by atoms with van der Waals surface area (Å²) in [7, 11) is 2.00. The molecule has 4 N–H and O–H groups in total. The lowest BCUT2D eigenvalue weighted by Crippen LogP contribution is -2.16. The van der Waals surface area contributed by atoms with Crippen molar-refractivity contribution in [2.45, 2.75) is 59.3 Å². The van der Waals surface area contributed by atoms with Crippen LogP contribution in [0.1, 0.15) is 53.1 Å². The highest BCUT2D eigenvalue weighted by atomic mass is 19.1. The maximum atomic E-state index is 14.4. The molecule has 0 saturated carbocycles. The first-order valence-electron chi connectivity index (χ1n) is 14.1. The Bertz CT molecular complexity index is 1420. The Morgan fingerprint density at radius 1 is 0.895 bits per heavy atom. The number of ether oxygens (including phenoxy) is 2. The molecule has 0 bridgehead atoms. The lowest BCUT2D eigenvalue weighted by atomic mass is 9.95. The van der Waals surface area contributed by atoms with Gasteiger partial charge in [0.05, 0.1) is 18.7 Å². The number of fused-ring (bicyclic) bond motifs is 6. The number of likely N-dealkylation sites (N-methyl/N-ethyl adjacent to an activating group) is 2. The lowest BCUT2D eigenvalue weighted by Gasteiger charge is -2.20. The maximum Gasteiger partial charge on any atom is 0.170 e. The molecule has 0 saturated heterocycles. The number of aromatic amines is 2. The molecule has 0 aliphatic carbocycles. The van der Waals surface area contributed by atoms with Gasteiger partial charge in [-0.1, -0.05) is 6.92 Å². The van der Waals surface area contributed by atoms with E-state index in [0.717, 1.165) is 81.6 Å². The van der Waals surface area contributed by atoms with Gasteiger partial charge in [-0.3, -0.25) is 0 Å². The van der Waals surface area contributed by atoms with Crippen molar-refractivity contribution in [3.63, 3.8) is 0 Å². The predicted molar refractivity (Wildman–Crippen MR) is 154 cm³/mol. The van der Waals surface area contributed by atoms with Gasteiger partial charge in [0.15, 0.2) is 11.6 Å². The summed E-state index contributed by atoms with van der Waals surface area (Å²) in [6, 6.07) is 2.18. The van der Waals surface area contributed by atoms with Gasteiger partial charge in [0.2, 0.25) is 0 Å². The third-order valence-electron chi connectivity index (χ3n) is 7.86. The quantitative estimate of drug-likeness (QED) is 0.238. The number of hydrogen-bond donors (Lipinski definition) is 4. The number of H-pyrrole nitrogens is 2. The maximum absolute atomic E-state index is 14.4. The second kappa shape index (κ2) is 11.8. The summed E-state index contributed by atoms with van der Waals surface area (Å²) in [6.07, 6.45) is 10.3. The first-order chi connectivity index (χ1) is 18.5. The first-order valence-corrected chi connectivity index (χ1v) is 14.1. The fraction of sp³-hybridized carbons (Fsp3) is 0.484. The van der Waals surface area contributed by atoms with E-state index in [1.807, 2.05) is 20.2 Å². The molecule has 0 radical (unpaired) electrons. The van der Waals surface area contributed by atoms with Gasteiger partial charge in [-0.2, -0.15) is 0 Å². The smallest absolute Gasteiger partial charge is 0.170 e. The van der Waals surface area contributed by atoms with Gasteiger partial charge in [-0.05, 0) is 102 Å². The second-order valence-corrected chi connectivity index (χ2v) is 10.4. The van der Waals surface area contributed by atoms with Crippen molar-refractivity contribution in [3.8, 4) is 11.5 Å². The van der Waals surface area contributed by atoms with E-state index >= 15 is 0 Å². The van der Waals surface area contributed by atoms with Crippen LogP contribution in [0.15, 0.2) is 18.5 Å². The van der Waals surface area contributed by atoms with Gasteiger partial charge < -0.3 is 30.1 Å². The summed E-state index contributed by atoms with van der Waals surface area (Å²) in [5.41, 5.74) is 9.26. The van der Waals surface area contributed by atoms with Gasteiger partial charge >= 0.3 is 0 Å². The van der Waals surface area contributed by atoms with Crippen LogP contribution in [0.5, 0.6) is 11.5 Å². The summed E-state index contributed by atoms with van der Waals surface area (Å²) in [4.78, 5) is 6.68. The Balaban J connectivity index is 0.000000156. The lowest BCUT2D eigenvalue weighted by molar-refractivity contribution is 0.274. The molecular formula is C31H41FN4O2. The van der Waals surface area contributed by atoms with Gasteiger partial charge in [0.1, 0.15) is 5.75 Å². The molecule has 4 aromatic rings. The minimum Gasteiger partial charge on any atom is -0.493 e. The van der Waals surface area contributed by atoms with Crippen LogP contribution >= 0.6 is 0 Å². The van der Waals surface area contributed by atoms with Crippen molar-refractivity contribution in [1.29, 1.82) is 0 Å². The molecule has 4 heterocycles. The Morgan fingerprint density at radius 3 is 2.29 bits per heavy atom. The average Bonchev–Trinajstić information content (AvgIpc) is 3.57. The number of hydrogen-bond acceptors (Lipinski definition) is 4. The van der Waals surface area contributed by atoms with Crippen molar-refractivity contribution in [2.75, 3.05) is 39.9 Å². The second-order valence-electron chi connectivity index (χ2n) is 10.4. The number of benzene rings is 2. The fourth-order valence-electron chi connectivity index (χ4n) is 5.90. The van der Waals surface area contributed by atoms with Crippen LogP contribution in [0.3, 0.4) is 0 Å². The highest BCUT2D eigenvalue weighted by Gasteiger charge is 2.24. The van der Waals surface area contributed by atoms with Crippen LogP contribution in [0.4, 0.5) is 4.39 Å². The van der Waals surface area contributed by atoms with Crippen LogP contribution in [0.2, 0.25) is 0 Å². The van der Waals surface area contributed by atoms with E-state index in [9.17, 15) is 4.39 Å². The minimum absolute atomic E-state index is 0.202. The van der Waals surface area contributed by atoms with Crippen LogP contribution in [0.25, 0.3) is 21.8 Å². The van der Waals surface area contributed by atoms with E-state index in [2.05, 4.69) is 46.7 Å². The Hall–Kier alpha value is -3.03. The number of halogens is 1. The summed E-state index contributed by atoms with van der Waals surface area (Å²) >= 11 is 0. The SMILES string of the molecule is CCNCCc1c[nH]c2c(C)c(F)c3c(c12)CCCO3.CNCCc1c[nH]c2c(C)cc3c(c12)CCCO3. The van der Waals surface area contributed by atoms with Crippen LogP contribution in [0, 0.1) is 19.7 Å². The van der Waals surface area contributed by atoms with Crippen molar-refractivity contribution >= 4 is 21.8 Å². The molecule has 0 fully saturated rings. The minimum atomic E-state index is -0.202. The van der Waals surface area contributed by atoms with E-state index in [4.69, 9.17) is 9.47 Å². The zero-order valence-corrected chi connectivity index (χ0v) is 23.2. The molecule has 2 aromatic heterocycles. The molecule has 0 unspecified atom stereocenters. The number of aryl methyl sites for hydroxylation is 4. The standard InChI is InChI=1S/C16H21FN2O.C15H20N2O/c1-3-18-7-6-11-9-19-15-10(2)14(17)16-12(13(11)15)5-4-8-20-16;1-10-8-13-12(4-3-7-18-13)14-11(5-6-16-2)9-17-15(10)14/h9,18-19H,3-8H2,1-2H3;8-9,16-17H,3-7H2,1-2H3. The third-order valence-corrected chi connectivity index (χ3v) is 7.86. The molecule has 2 aliphatic heterocycles. The zero-order chi connectivity index (χ0) is 26.6. The highest BCUT2D eigenvalue weighted by molar-refractivity contribution is 5.92. The molecular weight excluding hydrogens is 479 g/mol. The van der Waals surface area contributed by atoms with E-state index < -0.39 is 0 Å².